The molecule has 0 amide bonds. The second-order valence-corrected chi connectivity index (χ2v) is 5.85. The van der Waals surface area contributed by atoms with Crippen LogP contribution in [0.3, 0.4) is 0 Å². The predicted octanol–water partition coefficient (Wildman–Crippen LogP) is -1.47. The molecule has 6 atom stereocenters. The molecular weight excluding hydrogens is 320 g/mol. The third kappa shape index (κ3) is 3.44. The van der Waals surface area contributed by atoms with E-state index in [0.717, 1.165) is 5.56 Å². The number of carbonyl (C=O) groups excluding carboxylic acids is 1. The van der Waals surface area contributed by atoms with Gasteiger partial charge in [0.25, 0.3) is 0 Å². The van der Waals surface area contributed by atoms with Crippen molar-refractivity contribution in [3.05, 3.63) is 35.9 Å². The Morgan fingerprint density at radius 1 is 1.29 bits per heavy atom. The van der Waals surface area contributed by atoms with Crippen LogP contribution in [-0.2, 0) is 20.9 Å². The molecule has 0 aliphatic carbocycles. The molecule has 8 heteroatoms. The molecule has 0 bridgehead atoms. The van der Waals surface area contributed by atoms with Crippen molar-refractivity contribution in [1.82, 2.24) is 0 Å². The summed E-state index contributed by atoms with van der Waals surface area (Å²) in [5.74, 6) is -2.27. The summed E-state index contributed by atoms with van der Waals surface area (Å²) in [5.41, 5.74) is -1.75. The lowest BCUT2D eigenvalue weighted by Crippen LogP contribution is -2.70. The summed E-state index contributed by atoms with van der Waals surface area (Å²) in [7, 11) is 0. The van der Waals surface area contributed by atoms with E-state index >= 15 is 0 Å². The second-order valence-electron chi connectivity index (χ2n) is 5.85. The van der Waals surface area contributed by atoms with Crippen LogP contribution >= 0.6 is 0 Å². The number of benzene rings is 1. The number of aliphatic hydroxyl groups excluding tert-OH is 4. The highest BCUT2D eigenvalue weighted by Crippen LogP contribution is 2.35. The number of esters is 1. The van der Waals surface area contributed by atoms with Gasteiger partial charge in [-0.1, -0.05) is 30.3 Å². The standard InChI is InChI=1S/C16H22O8/c1-9(14(20)23-8-10-5-3-2-4-6-10)16(22)13(19)12(18)11(7-17)24-15(16)21/h2-6,9,11-13,15,17-19,21-22H,7-8H2,1H3/t9?,11-,12-,13+,15+,16-/m1/s1. The van der Waals surface area contributed by atoms with Gasteiger partial charge in [-0.05, 0) is 12.5 Å². The fourth-order valence-corrected chi connectivity index (χ4v) is 2.64. The van der Waals surface area contributed by atoms with Crippen molar-refractivity contribution in [2.45, 2.75) is 43.7 Å². The second kappa shape index (κ2) is 7.56. The van der Waals surface area contributed by atoms with E-state index in [1.165, 1.54) is 6.92 Å². The molecule has 0 radical (unpaired) electrons. The average molecular weight is 342 g/mol. The molecule has 1 fully saturated rings. The van der Waals surface area contributed by atoms with Crippen LogP contribution in [0.5, 0.6) is 0 Å². The summed E-state index contributed by atoms with van der Waals surface area (Å²) in [6.07, 6.45) is -6.83. The van der Waals surface area contributed by atoms with Gasteiger partial charge in [-0.25, -0.2) is 0 Å². The van der Waals surface area contributed by atoms with Crippen molar-refractivity contribution >= 4 is 5.97 Å². The first-order valence-electron chi connectivity index (χ1n) is 7.55. The maximum absolute atomic E-state index is 12.2. The van der Waals surface area contributed by atoms with Crippen molar-refractivity contribution in [2.75, 3.05) is 6.61 Å². The van der Waals surface area contributed by atoms with Crippen molar-refractivity contribution in [2.24, 2.45) is 5.92 Å². The molecule has 5 N–H and O–H groups in total. The van der Waals surface area contributed by atoms with Gasteiger partial charge in [0, 0.05) is 0 Å². The fourth-order valence-electron chi connectivity index (χ4n) is 2.64. The Morgan fingerprint density at radius 2 is 1.92 bits per heavy atom. The molecule has 0 aromatic heterocycles. The average Bonchev–Trinajstić information content (AvgIpc) is 2.61. The van der Waals surface area contributed by atoms with Crippen LogP contribution in [0.1, 0.15) is 12.5 Å². The molecule has 1 aromatic rings. The lowest BCUT2D eigenvalue weighted by molar-refractivity contribution is -0.340. The molecule has 1 aliphatic rings. The Bertz CT molecular complexity index is 550. The number of carbonyl (C=O) groups is 1. The highest BCUT2D eigenvalue weighted by molar-refractivity contribution is 5.73. The molecule has 2 rings (SSSR count). The number of rotatable bonds is 5. The largest absolute Gasteiger partial charge is 0.461 e. The third-order valence-electron chi connectivity index (χ3n) is 4.33. The summed E-state index contributed by atoms with van der Waals surface area (Å²) in [5, 5.41) is 49.6. The van der Waals surface area contributed by atoms with Gasteiger partial charge < -0.3 is 35.0 Å². The van der Waals surface area contributed by atoms with E-state index in [-0.39, 0.29) is 6.61 Å². The first-order valence-corrected chi connectivity index (χ1v) is 7.55. The van der Waals surface area contributed by atoms with Crippen LogP contribution in [0, 0.1) is 5.92 Å². The van der Waals surface area contributed by atoms with Crippen molar-refractivity contribution in [3.8, 4) is 0 Å². The van der Waals surface area contributed by atoms with Gasteiger partial charge in [-0.3, -0.25) is 4.79 Å². The van der Waals surface area contributed by atoms with Crippen LogP contribution in [0.2, 0.25) is 0 Å². The van der Waals surface area contributed by atoms with Gasteiger partial charge >= 0.3 is 5.97 Å². The molecule has 1 aliphatic heterocycles. The van der Waals surface area contributed by atoms with Gasteiger partial charge in [-0.15, -0.1) is 0 Å². The van der Waals surface area contributed by atoms with E-state index in [0.29, 0.717) is 0 Å². The third-order valence-corrected chi connectivity index (χ3v) is 4.33. The summed E-state index contributed by atoms with van der Waals surface area (Å²) in [6.45, 7) is 0.530. The predicted molar refractivity (Wildman–Crippen MR) is 80.3 cm³/mol. The first-order chi connectivity index (χ1) is 11.3. The summed E-state index contributed by atoms with van der Waals surface area (Å²) < 4.78 is 9.99. The smallest absolute Gasteiger partial charge is 0.312 e. The molecule has 1 unspecified atom stereocenters. The molecule has 1 saturated heterocycles. The molecule has 1 aromatic carbocycles. The molecule has 0 spiro atoms. The summed E-state index contributed by atoms with van der Waals surface area (Å²) in [6, 6.07) is 8.84. The van der Waals surface area contributed by atoms with Gasteiger partial charge in [-0.2, -0.15) is 0 Å². The maximum Gasteiger partial charge on any atom is 0.312 e. The number of ether oxygens (including phenoxy) is 2. The highest BCUT2D eigenvalue weighted by Gasteiger charge is 2.59. The molecule has 1 heterocycles. The van der Waals surface area contributed by atoms with Crippen LogP contribution < -0.4 is 0 Å². The first kappa shape index (κ1) is 18.8. The SMILES string of the molecule is CC(C(=O)OCc1ccccc1)[C@]1(O)[C@@H](O)O[C@H](CO)[C@@H](O)[C@@H]1O. The van der Waals surface area contributed by atoms with Gasteiger partial charge in [0.05, 0.1) is 12.5 Å². The van der Waals surface area contributed by atoms with E-state index in [4.69, 9.17) is 14.6 Å². The van der Waals surface area contributed by atoms with Crippen molar-refractivity contribution in [1.29, 1.82) is 0 Å². The Morgan fingerprint density at radius 3 is 2.50 bits per heavy atom. The minimum atomic E-state index is -2.47. The van der Waals surface area contributed by atoms with Crippen LogP contribution in [0.25, 0.3) is 0 Å². The summed E-state index contributed by atoms with van der Waals surface area (Å²) >= 11 is 0. The number of aliphatic hydroxyl groups is 5. The van der Waals surface area contributed by atoms with Crippen molar-refractivity contribution in [3.63, 3.8) is 0 Å². The molecule has 134 valence electrons. The van der Waals surface area contributed by atoms with E-state index < -0.39 is 48.7 Å². The zero-order valence-electron chi connectivity index (χ0n) is 13.1. The summed E-state index contributed by atoms with van der Waals surface area (Å²) in [4.78, 5) is 12.2. The number of hydrogen-bond acceptors (Lipinski definition) is 8. The Hall–Kier alpha value is -1.55. The fraction of sp³-hybridized carbons (Fsp3) is 0.562. The van der Waals surface area contributed by atoms with E-state index in [1.807, 2.05) is 6.07 Å². The normalized spacial score (nSPS) is 34.6. The van der Waals surface area contributed by atoms with E-state index in [1.54, 1.807) is 24.3 Å². The maximum atomic E-state index is 12.2. The lowest BCUT2D eigenvalue weighted by atomic mass is 9.77. The van der Waals surface area contributed by atoms with Crippen LogP contribution in [-0.4, -0.2) is 68.3 Å². The molecule has 8 nitrogen and oxygen atoms in total. The quantitative estimate of drug-likeness (QED) is 0.409. The van der Waals surface area contributed by atoms with Crippen LogP contribution in [0.4, 0.5) is 0 Å². The van der Waals surface area contributed by atoms with E-state index in [9.17, 15) is 25.2 Å². The van der Waals surface area contributed by atoms with Crippen LogP contribution in [0.15, 0.2) is 30.3 Å². The Balaban J connectivity index is 2.08. The van der Waals surface area contributed by atoms with Gasteiger partial charge in [0.1, 0.15) is 24.9 Å². The molecule has 0 saturated carbocycles. The van der Waals surface area contributed by atoms with Crippen molar-refractivity contribution < 1.29 is 39.8 Å². The molecule has 24 heavy (non-hydrogen) atoms. The van der Waals surface area contributed by atoms with E-state index in [2.05, 4.69) is 0 Å². The Labute approximate surface area is 138 Å². The van der Waals surface area contributed by atoms with Gasteiger partial charge in [0.2, 0.25) is 0 Å². The minimum absolute atomic E-state index is 0.0467. The van der Waals surface area contributed by atoms with Gasteiger partial charge in [0.15, 0.2) is 11.9 Å². The molecular formula is C16H22O8. The Kier molecular flexibility index (Phi) is 5.92. The monoisotopic (exact) mass is 342 g/mol. The highest BCUT2D eigenvalue weighted by atomic mass is 16.6. The zero-order valence-corrected chi connectivity index (χ0v) is 13.1. The minimum Gasteiger partial charge on any atom is -0.461 e. The zero-order chi connectivity index (χ0) is 17.9. The number of hydrogen-bond donors (Lipinski definition) is 5. The topological polar surface area (TPSA) is 137 Å². The lowest BCUT2D eigenvalue weighted by Gasteiger charge is -2.47.